The van der Waals surface area contributed by atoms with Gasteiger partial charge in [0.05, 0.1) is 0 Å². The molecule has 1 fully saturated rings. The fraction of sp³-hybridized carbons (Fsp3) is 1.00. The minimum atomic E-state index is 0.547. The van der Waals surface area contributed by atoms with Crippen LogP contribution in [0.25, 0.3) is 0 Å². The number of hydrogen-bond donors (Lipinski definition) is 2. The standard InChI is InChI=1S/C10H22N2S/c1-2-13-8-10(12-11)9-6-4-3-5-7-9/h9-10,12H,2-8,11H2,1H3. The van der Waals surface area contributed by atoms with E-state index in [1.807, 2.05) is 11.8 Å². The third kappa shape index (κ3) is 3.88. The Morgan fingerprint density at radius 1 is 1.38 bits per heavy atom. The molecule has 3 N–H and O–H groups in total. The van der Waals surface area contributed by atoms with Crippen LogP contribution in [-0.4, -0.2) is 17.5 Å². The summed E-state index contributed by atoms with van der Waals surface area (Å²) in [6.45, 7) is 2.21. The van der Waals surface area contributed by atoms with E-state index >= 15 is 0 Å². The van der Waals surface area contributed by atoms with Crippen LogP contribution in [0, 0.1) is 5.92 Å². The van der Waals surface area contributed by atoms with E-state index in [4.69, 9.17) is 5.84 Å². The maximum atomic E-state index is 5.58. The van der Waals surface area contributed by atoms with Crippen molar-refractivity contribution in [3.05, 3.63) is 0 Å². The number of nitrogens with two attached hydrogens (primary N) is 1. The van der Waals surface area contributed by atoms with Crippen LogP contribution in [0.1, 0.15) is 39.0 Å². The van der Waals surface area contributed by atoms with Crippen LogP contribution in [0.4, 0.5) is 0 Å². The number of thioether (sulfide) groups is 1. The van der Waals surface area contributed by atoms with Gasteiger partial charge in [-0.25, -0.2) is 0 Å². The van der Waals surface area contributed by atoms with Crippen molar-refractivity contribution >= 4 is 11.8 Å². The highest BCUT2D eigenvalue weighted by Crippen LogP contribution is 2.27. The Labute approximate surface area is 86.0 Å². The molecule has 1 aliphatic carbocycles. The lowest BCUT2D eigenvalue weighted by Gasteiger charge is -2.29. The van der Waals surface area contributed by atoms with E-state index in [9.17, 15) is 0 Å². The molecule has 3 heteroatoms. The Kier molecular flexibility index (Phi) is 5.83. The number of nitrogens with one attached hydrogen (secondary N) is 1. The molecule has 1 atom stereocenters. The SMILES string of the molecule is CCSCC(NN)C1CCCCC1. The molecule has 0 spiro atoms. The lowest BCUT2D eigenvalue weighted by molar-refractivity contribution is 0.287. The molecule has 0 aromatic heterocycles. The highest BCUT2D eigenvalue weighted by molar-refractivity contribution is 7.99. The summed E-state index contributed by atoms with van der Waals surface area (Å²) < 4.78 is 0. The highest BCUT2D eigenvalue weighted by atomic mass is 32.2. The van der Waals surface area contributed by atoms with Crippen molar-refractivity contribution in [2.24, 2.45) is 11.8 Å². The molecule has 1 unspecified atom stereocenters. The molecule has 13 heavy (non-hydrogen) atoms. The van der Waals surface area contributed by atoms with E-state index in [0.29, 0.717) is 6.04 Å². The second-order valence-corrected chi connectivity index (χ2v) is 5.15. The third-order valence-electron chi connectivity index (χ3n) is 2.93. The molecule has 2 nitrogen and oxygen atoms in total. The molecule has 78 valence electrons. The minimum Gasteiger partial charge on any atom is -0.271 e. The quantitative estimate of drug-likeness (QED) is 0.530. The molecule has 0 saturated heterocycles. The van der Waals surface area contributed by atoms with Gasteiger partial charge in [0, 0.05) is 11.8 Å². The summed E-state index contributed by atoms with van der Waals surface area (Å²) >= 11 is 1.99. The molecule has 1 aliphatic rings. The van der Waals surface area contributed by atoms with Gasteiger partial charge in [-0.2, -0.15) is 11.8 Å². The van der Waals surface area contributed by atoms with Gasteiger partial charge >= 0.3 is 0 Å². The zero-order valence-electron chi connectivity index (χ0n) is 8.59. The normalized spacial score (nSPS) is 21.7. The summed E-state index contributed by atoms with van der Waals surface area (Å²) in [6.07, 6.45) is 6.98. The lowest BCUT2D eigenvalue weighted by Crippen LogP contribution is -2.43. The molecule has 0 aliphatic heterocycles. The van der Waals surface area contributed by atoms with E-state index in [1.54, 1.807) is 0 Å². The van der Waals surface area contributed by atoms with Gasteiger partial charge in [-0.15, -0.1) is 0 Å². The molecular formula is C10H22N2S. The molecular weight excluding hydrogens is 180 g/mol. The molecule has 0 amide bonds. The van der Waals surface area contributed by atoms with Crippen LogP contribution in [0.15, 0.2) is 0 Å². The first-order valence-electron chi connectivity index (χ1n) is 5.42. The van der Waals surface area contributed by atoms with Crippen LogP contribution in [0.3, 0.4) is 0 Å². The summed E-state index contributed by atoms with van der Waals surface area (Å²) in [5.41, 5.74) is 2.99. The van der Waals surface area contributed by atoms with Crippen molar-refractivity contribution in [3.8, 4) is 0 Å². The van der Waals surface area contributed by atoms with E-state index in [0.717, 1.165) is 5.92 Å². The zero-order chi connectivity index (χ0) is 9.52. The fourth-order valence-electron chi connectivity index (χ4n) is 2.10. The van der Waals surface area contributed by atoms with E-state index in [2.05, 4.69) is 12.3 Å². The van der Waals surface area contributed by atoms with Gasteiger partial charge in [-0.05, 0) is 24.5 Å². The van der Waals surface area contributed by atoms with Gasteiger partial charge < -0.3 is 0 Å². The van der Waals surface area contributed by atoms with Crippen LogP contribution >= 0.6 is 11.8 Å². The molecule has 0 aromatic carbocycles. The first-order valence-corrected chi connectivity index (χ1v) is 6.57. The minimum absolute atomic E-state index is 0.547. The average molecular weight is 202 g/mol. The number of hydrazine groups is 1. The Balaban J connectivity index is 2.26. The molecule has 0 heterocycles. The summed E-state index contributed by atoms with van der Waals surface area (Å²) in [5, 5.41) is 0. The Morgan fingerprint density at radius 2 is 2.08 bits per heavy atom. The largest absolute Gasteiger partial charge is 0.271 e. The second-order valence-electron chi connectivity index (χ2n) is 3.83. The molecule has 1 saturated carbocycles. The second kappa shape index (κ2) is 6.68. The summed E-state index contributed by atoms with van der Waals surface area (Å²) in [4.78, 5) is 0. The lowest BCUT2D eigenvalue weighted by atomic mass is 9.85. The van der Waals surface area contributed by atoms with Gasteiger partial charge in [0.2, 0.25) is 0 Å². The van der Waals surface area contributed by atoms with Gasteiger partial charge in [0.25, 0.3) is 0 Å². The first-order chi connectivity index (χ1) is 6.38. The van der Waals surface area contributed by atoms with Crippen molar-refractivity contribution in [1.29, 1.82) is 0 Å². The first kappa shape index (κ1) is 11.3. The van der Waals surface area contributed by atoms with Gasteiger partial charge in [0.15, 0.2) is 0 Å². The predicted octanol–water partition coefficient (Wildman–Crippen LogP) is 2.15. The third-order valence-corrected chi connectivity index (χ3v) is 3.94. The van der Waals surface area contributed by atoms with Gasteiger partial charge in [0.1, 0.15) is 0 Å². The summed E-state index contributed by atoms with van der Waals surface area (Å²) in [6, 6.07) is 0.547. The maximum Gasteiger partial charge on any atom is 0.0329 e. The van der Waals surface area contributed by atoms with Crippen molar-refractivity contribution in [2.75, 3.05) is 11.5 Å². The van der Waals surface area contributed by atoms with Crippen LogP contribution in [0.5, 0.6) is 0 Å². The molecule has 0 bridgehead atoms. The number of hydrogen-bond acceptors (Lipinski definition) is 3. The van der Waals surface area contributed by atoms with Crippen LogP contribution in [0.2, 0.25) is 0 Å². The molecule has 0 radical (unpaired) electrons. The van der Waals surface area contributed by atoms with Gasteiger partial charge in [-0.3, -0.25) is 11.3 Å². The fourth-order valence-corrected chi connectivity index (χ4v) is 2.96. The number of rotatable bonds is 5. The molecule has 1 rings (SSSR count). The maximum absolute atomic E-state index is 5.58. The summed E-state index contributed by atoms with van der Waals surface area (Å²) in [7, 11) is 0. The van der Waals surface area contributed by atoms with E-state index < -0.39 is 0 Å². The monoisotopic (exact) mass is 202 g/mol. The Hall–Kier alpha value is 0.270. The van der Waals surface area contributed by atoms with Gasteiger partial charge in [-0.1, -0.05) is 26.2 Å². The highest BCUT2D eigenvalue weighted by Gasteiger charge is 2.21. The topological polar surface area (TPSA) is 38.0 Å². The Bertz CT molecular complexity index is 124. The van der Waals surface area contributed by atoms with Crippen LogP contribution in [-0.2, 0) is 0 Å². The van der Waals surface area contributed by atoms with Crippen molar-refractivity contribution in [2.45, 2.75) is 45.1 Å². The molecule has 0 aromatic rings. The average Bonchev–Trinajstić information content (AvgIpc) is 2.21. The smallest absolute Gasteiger partial charge is 0.0329 e. The Morgan fingerprint density at radius 3 is 2.62 bits per heavy atom. The van der Waals surface area contributed by atoms with Crippen molar-refractivity contribution in [1.82, 2.24) is 5.43 Å². The van der Waals surface area contributed by atoms with Crippen LogP contribution < -0.4 is 11.3 Å². The zero-order valence-corrected chi connectivity index (χ0v) is 9.41. The van der Waals surface area contributed by atoms with Crippen molar-refractivity contribution in [3.63, 3.8) is 0 Å². The predicted molar refractivity (Wildman–Crippen MR) is 60.7 cm³/mol. The van der Waals surface area contributed by atoms with E-state index in [-0.39, 0.29) is 0 Å². The van der Waals surface area contributed by atoms with Crippen molar-refractivity contribution < 1.29 is 0 Å². The summed E-state index contributed by atoms with van der Waals surface area (Å²) in [5.74, 6) is 8.79. The van der Waals surface area contributed by atoms with E-state index in [1.165, 1.54) is 43.6 Å².